The van der Waals surface area contributed by atoms with Crippen LogP contribution in [-0.2, 0) is 14.8 Å². The molecule has 200 valence electrons. The Bertz CT molecular complexity index is 1560. The van der Waals surface area contributed by atoms with E-state index in [-0.39, 0.29) is 29.3 Å². The highest BCUT2D eigenvalue weighted by atomic mass is 32.2. The molecule has 1 aromatic carbocycles. The van der Waals surface area contributed by atoms with E-state index in [1.165, 1.54) is 18.7 Å². The van der Waals surface area contributed by atoms with Gasteiger partial charge in [0.25, 0.3) is 10.0 Å². The summed E-state index contributed by atoms with van der Waals surface area (Å²) in [5, 5.41) is 4.08. The standard InChI is InChI=1S/C25H29N7O5S/c1-4-20(33)31-38(34,35)19-8-6-5-7-18(19)32-14-28-21-23(32)26-13-27-25(21)36-17-11-9-16(10-12-17)24-29-22(15(2)3)30-37-24/h5-8,13-17H,4,9-12H2,1-3H3,(H,31,33). The van der Waals surface area contributed by atoms with Crippen molar-refractivity contribution >= 4 is 27.1 Å². The van der Waals surface area contributed by atoms with Gasteiger partial charge in [-0.25, -0.2) is 23.1 Å². The summed E-state index contributed by atoms with van der Waals surface area (Å²) in [5.41, 5.74) is 1.11. The number of ether oxygens (including phenoxy) is 1. The van der Waals surface area contributed by atoms with Crippen molar-refractivity contribution in [3.8, 4) is 11.6 Å². The zero-order chi connectivity index (χ0) is 26.9. The Labute approximate surface area is 219 Å². The Hall–Kier alpha value is -3.87. The first kappa shape index (κ1) is 25.8. The Kier molecular flexibility index (Phi) is 7.11. The Balaban J connectivity index is 1.36. The van der Waals surface area contributed by atoms with Crippen molar-refractivity contribution in [3.05, 3.63) is 48.6 Å². The molecular weight excluding hydrogens is 510 g/mol. The average Bonchev–Trinajstić information content (AvgIpc) is 3.58. The fraction of sp³-hybridized carbons (Fsp3) is 0.440. The van der Waals surface area contributed by atoms with Crippen LogP contribution < -0.4 is 9.46 Å². The Morgan fingerprint density at radius 1 is 1.16 bits per heavy atom. The van der Waals surface area contributed by atoms with Gasteiger partial charge in [0.1, 0.15) is 23.7 Å². The van der Waals surface area contributed by atoms with Crippen LogP contribution in [0.15, 0.2) is 46.3 Å². The van der Waals surface area contributed by atoms with E-state index in [1.54, 1.807) is 29.7 Å². The average molecular weight is 540 g/mol. The predicted octanol–water partition coefficient (Wildman–Crippen LogP) is 3.64. The maximum Gasteiger partial charge on any atom is 0.266 e. The maximum atomic E-state index is 12.9. The van der Waals surface area contributed by atoms with Crippen molar-refractivity contribution in [1.29, 1.82) is 0 Å². The molecule has 0 bridgehead atoms. The van der Waals surface area contributed by atoms with Crippen LogP contribution in [-0.4, -0.2) is 50.1 Å². The molecule has 4 aromatic rings. The van der Waals surface area contributed by atoms with Gasteiger partial charge in [-0.05, 0) is 37.8 Å². The summed E-state index contributed by atoms with van der Waals surface area (Å²) in [4.78, 5) is 29.4. The third-order valence-corrected chi connectivity index (χ3v) is 7.98. The van der Waals surface area contributed by atoms with Crippen molar-refractivity contribution < 1.29 is 22.5 Å². The van der Waals surface area contributed by atoms with E-state index in [4.69, 9.17) is 9.26 Å². The quantitative estimate of drug-likeness (QED) is 0.351. The minimum absolute atomic E-state index is 0.0408. The van der Waals surface area contributed by atoms with Crippen LogP contribution in [0, 0.1) is 0 Å². The molecule has 0 atom stereocenters. The molecule has 0 aliphatic heterocycles. The van der Waals surface area contributed by atoms with Gasteiger partial charge in [-0.3, -0.25) is 9.36 Å². The van der Waals surface area contributed by atoms with Crippen molar-refractivity contribution in [2.45, 2.75) is 75.7 Å². The third kappa shape index (κ3) is 5.10. The number of fused-ring (bicyclic) bond motifs is 1. The van der Waals surface area contributed by atoms with Crippen LogP contribution in [0.5, 0.6) is 5.88 Å². The zero-order valence-electron chi connectivity index (χ0n) is 21.4. The van der Waals surface area contributed by atoms with Crippen LogP contribution in [0.25, 0.3) is 16.9 Å². The molecule has 13 heteroatoms. The van der Waals surface area contributed by atoms with Crippen molar-refractivity contribution in [2.75, 3.05) is 0 Å². The van der Waals surface area contributed by atoms with E-state index in [0.29, 0.717) is 28.6 Å². The van der Waals surface area contributed by atoms with Gasteiger partial charge in [-0.15, -0.1) is 0 Å². The summed E-state index contributed by atoms with van der Waals surface area (Å²) in [5.74, 6) is 1.55. The van der Waals surface area contributed by atoms with Gasteiger partial charge < -0.3 is 9.26 Å². The Morgan fingerprint density at radius 3 is 2.63 bits per heavy atom. The highest BCUT2D eigenvalue weighted by Gasteiger charge is 2.29. The molecule has 3 aromatic heterocycles. The molecule has 1 saturated carbocycles. The fourth-order valence-electron chi connectivity index (χ4n) is 4.47. The zero-order valence-corrected chi connectivity index (χ0v) is 22.2. The number of nitrogens with zero attached hydrogens (tertiary/aromatic N) is 6. The Morgan fingerprint density at radius 2 is 1.92 bits per heavy atom. The van der Waals surface area contributed by atoms with Gasteiger partial charge in [-0.2, -0.15) is 9.97 Å². The van der Waals surface area contributed by atoms with Crippen molar-refractivity contribution in [3.63, 3.8) is 0 Å². The monoisotopic (exact) mass is 539 g/mol. The molecular formula is C25H29N7O5S. The number of benzene rings is 1. The normalized spacial score (nSPS) is 18.1. The molecule has 0 spiro atoms. The third-order valence-electron chi connectivity index (χ3n) is 6.56. The topological polar surface area (TPSA) is 155 Å². The molecule has 1 aliphatic rings. The number of hydrogen-bond donors (Lipinski definition) is 1. The molecule has 0 saturated heterocycles. The fourth-order valence-corrected chi connectivity index (χ4v) is 5.72. The van der Waals surface area contributed by atoms with Gasteiger partial charge >= 0.3 is 0 Å². The number of amides is 1. The summed E-state index contributed by atoms with van der Waals surface area (Å²) >= 11 is 0. The summed E-state index contributed by atoms with van der Waals surface area (Å²) in [6.07, 6.45) is 6.08. The van der Waals surface area contributed by atoms with Gasteiger partial charge in [-0.1, -0.05) is 38.1 Å². The smallest absolute Gasteiger partial charge is 0.266 e. The van der Waals surface area contributed by atoms with E-state index in [2.05, 4.69) is 29.8 Å². The van der Waals surface area contributed by atoms with E-state index < -0.39 is 15.9 Å². The minimum Gasteiger partial charge on any atom is -0.473 e. The number of aromatic nitrogens is 6. The lowest BCUT2D eigenvalue weighted by Gasteiger charge is -2.26. The van der Waals surface area contributed by atoms with Gasteiger partial charge in [0.2, 0.25) is 17.7 Å². The highest BCUT2D eigenvalue weighted by Crippen LogP contribution is 2.35. The summed E-state index contributed by atoms with van der Waals surface area (Å²) in [7, 11) is -4.10. The lowest BCUT2D eigenvalue weighted by molar-refractivity contribution is -0.119. The highest BCUT2D eigenvalue weighted by molar-refractivity contribution is 7.90. The molecule has 3 heterocycles. The number of nitrogens with one attached hydrogen (secondary N) is 1. The predicted molar refractivity (Wildman–Crippen MR) is 136 cm³/mol. The summed E-state index contributed by atoms with van der Waals surface area (Å²) in [6.45, 7) is 5.65. The summed E-state index contributed by atoms with van der Waals surface area (Å²) in [6, 6.07) is 6.34. The molecule has 1 aliphatic carbocycles. The summed E-state index contributed by atoms with van der Waals surface area (Å²) < 4.78 is 41.2. The van der Waals surface area contributed by atoms with Crippen molar-refractivity contribution in [2.24, 2.45) is 0 Å². The molecule has 1 N–H and O–H groups in total. The van der Waals surface area contributed by atoms with Gasteiger partial charge in [0.05, 0.1) is 5.69 Å². The largest absolute Gasteiger partial charge is 0.473 e. The second-order valence-electron chi connectivity index (χ2n) is 9.55. The lowest BCUT2D eigenvalue weighted by atomic mass is 9.87. The van der Waals surface area contributed by atoms with E-state index in [9.17, 15) is 13.2 Å². The van der Waals surface area contributed by atoms with Crippen LogP contribution in [0.2, 0.25) is 0 Å². The minimum atomic E-state index is -4.10. The molecule has 1 amide bonds. The maximum absolute atomic E-state index is 12.9. The number of sulfonamides is 1. The SMILES string of the molecule is CCC(=O)NS(=O)(=O)c1ccccc1-n1cnc2c(OC3CCC(c4nc(C(C)C)no4)CC3)ncnc21. The van der Waals surface area contributed by atoms with Crippen molar-refractivity contribution in [1.82, 2.24) is 34.4 Å². The van der Waals surface area contributed by atoms with Crippen LogP contribution in [0.4, 0.5) is 0 Å². The number of carbonyl (C=O) groups is 1. The second-order valence-corrected chi connectivity index (χ2v) is 11.2. The number of para-hydroxylation sites is 1. The first-order valence-electron chi connectivity index (χ1n) is 12.6. The first-order chi connectivity index (χ1) is 18.3. The molecule has 12 nitrogen and oxygen atoms in total. The van der Waals surface area contributed by atoms with E-state index in [0.717, 1.165) is 31.5 Å². The lowest BCUT2D eigenvalue weighted by Crippen LogP contribution is -2.30. The van der Waals surface area contributed by atoms with Gasteiger partial charge in [0, 0.05) is 18.3 Å². The molecule has 1 fully saturated rings. The number of hydrogen-bond acceptors (Lipinski definition) is 10. The van der Waals surface area contributed by atoms with E-state index in [1.807, 2.05) is 13.8 Å². The van der Waals surface area contributed by atoms with E-state index >= 15 is 0 Å². The van der Waals surface area contributed by atoms with Crippen LogP contribution >= 0.6 is 0 Å². The van der Waals surface area contributed by atoms with Crippen LogP contribution in [0.3, 0.4) is 0 Å². The molecule has 0 radical (unpaired) electrons. The van der Waals surface area contributed by atoms with Gasteiger partial charge in [0.15, 0.2) is 17.0 Å². The number of rotatable bonds is 8. The molecule has 0 unspecified atom stereocenters. The van der Waals surface area contributed by atoms with Crippen LogP contribution in [0.1, 0.15) is 76.4 Å². The molecule has 38 heavy (non-hydrogen) atoms. The number of imidazole rings is 1. The molecule has 5 rings (SSSR count). The first-order valence-corrected chi connectivity index (χ1v) is 14.1. The second kappa shape index (κ2) is 10.5. The number of carbonyl (C=O) groups excluding carboxylic acids is 1.